The average Bonchev–Trinajstić information content (AvgIpc) is 3.34. The molecule has 0 radical (unpaired) electrons. The van der Waals surface area contributed by atoms with Crippen LogP contribution in [-0.2, 0) is 4.84 Å². The van der Waals surface area contributed by atoms with E-state index in [1.807, 2.05) is 36.4 Å². The van der Waals surface area contributed by atoms with Gasteiger partial charge in [-0.3, -0.25) is 4.79 Å². The Hall–Kier alpha value is -3.19. The molecule has 1 amide bonds. The van der Waals surface area contributed by atoms with Crippen LogP contribution in [0, 0.1) is 6.92 Å². The van der Waals surface area contributed by atoms with Crippen molar-refractivity contribution in [3.05, 3.63) is 70.8 Å². The van der Waals surface area contributed by atoms with E-state index in [4.69, 9.17) is 21.0 Å². The fourth-order valence-electron chi connectivity index (χ4n) is 3.44. The summed E-state index contributed by atoms with van der Waals surface area (Å²) in [5, 5.41) is 8.52. The summed E-state index contributed by atoms with van der Waals surface area (Å²) in [5.74, 6) is 0.774. The molecule has 8 heteroatoms. The van der Waals surface area contributed by atoms with Gasteiger partial charge in [-0.2, -0.15) is 4.98 Å². The largest absolute Gasteiger partial charge is 0.399 e. The number of hydrogen-bond donors (Lipinski definition) is 0. The second kappa shape index (κ2) is 8.05. The summed E-state index contributed by atoms with van der Waals surface area (Å²) >= 11 is 6.28. The summed E-state index contributed by atoms with van der Waals surface area (Å²) in [6.07, 6.45) is 0.485. The third kappa shape index (κ3) is 3.86. The maximum atomic E-state index is 13.2. The van der Waals surface area contributed by atoms with Crippen LogP contribution in [0.25, 0.3) is 11.1 Å². The lowest BCUT2D eigenvalue weighted by Gasteiger charge is -2.21. The summed E-state index contributed by atoms with van der Waals surface area (Å²) in [4.78, 5) is 24.1. The Labute approximate surface area is 172 Å². The van der Waals surface area contributed by atoms with Crippen molar-refractivity contribution >= 4 is 23.2 Å². The molecule has 1 aliphatic heterocycles. The molecule has 0 spiro atoms. The number of likely N-dealkylation sites (tertiary alicyclic amines) is 1. The van der Waals surface area contributed by atoms with Crippen molar-refractivity contribution in [1.82, 2.24) is 15.0 Å². The number of carbonyl (C=O) groups excluding carboxylic acids is 1. The van der Waals surface area contributed by atoms with Crippen LogP contribution >= 0.6 is 11.6 Å². The molecule has 0 bridgehead atoms. The Balaban J connectivity index is 1.61. The van der Waals surface area contributed by atoms with Crippen LogP contribution in [0.15, 0.2) is 58.2 Å². The zero-order chi connectivity index (χ0) is 20.4. The SMILES string of the molecule is CO/N=C1/C[C@@H](c2nc(C)no2)N(C(=O)c2ccc(-c3ccccc3Cl)cc2)C1. The second-order valence-corrected chi connectivity index (χ2v) is 7.14. The molecule has 0 unspecified atom stereocenters. The molecule has 1 atom stereocenters. The van der Waals surface area contributed by atoms with Crippen molar-refractivity contribution in [1.29, 1.82) is 0 Å². The van der Waals surface area contributed by atoms with Crippen LogP contribution < -0.4 is 0 Å². The minimum Gasteiger partial charge on any atom is -0.399 e. The van der Waals surface area contributed by atoms with Crippen LogP contribution in [0.1, 0.15) is 34.5 Å². The standard InChI is InChI=1S/C21H19ClN4O3/c1-13-23-20(29-24-13)19-11-16(25-28-2)12-26(19)21(27)15-9-7-14(8-10-15)17-5-3-4-6-18(17)22/h3-10,19H,11-12H2,1-2H3/b25-16-/t19-/m0/s1. The van der Waals surface area contributed by atoms with Gasteiger partial charge in [0.05, 0.1) is 12.3 Å². The number of nitrogens with zero attached hydrogens (tertiary/aromatic N) is 4. The normalized spacial score (nSPS) is 17.7. The van der Waals surface area contributed by atoms with Crippen molar-refractivity contribution < 1.29 is 14.2 Å². The van der Waals surface area contributed by atoms with Gasteiger partial charge in [0.25, 0.3) is 5.91 Å². The van der Waals surface area contributed by atoms with Gasteiger partial charge in [-0.05, 0) is 30.7 Å². The first-order chi connectivity index (χ1) is 14.1. The quantitative estimate of drug-likeness (QED) is 0.599. The van der Waals surface area contributed by atoms with Crippen LogP contribution in [0.4, 0.5) is 0 Å². The Morgan fingerprint density at radius 3 is 2.66 bits per heavy atom. The van der Waals surface area contributed by atoms with E-state index in [1.165, 1.54) is 7.11 Å². The van der Waals surface area contributed by atoms with Gasteiger partial charge in [0.15, 0.2) is 5.82 Å². The Bertz CT molecular complexity index is 1060. The van der Waals surface area contributed by atoms with Crippen molar-refractivity contribution in [3.63, 3.8) is 0 Å². The average molecular weight is 411 g/mol. The maximum absolute atomic E-state index is 13.2. The van der Waals surface area contributed by atoms with E-state index in [0.717, 1.165) is 16.8 Å². The molecule has 1 aromatic heterocycles. The van der Waals surface area contributed by atoms with E-state index < -0.39 is 0 Å². The third-order valence-corrected chi connectivity index (χ3v) is 5.11. The highest BCUT2D eigenvalue weighted by molar-refractivity contribution is 6.33. The van der Waals surface area contributed by atoms with Crippen LogP contribution in [-0.4, -0.2) is 40.3 Å². The molecular weight excluding hydrogens is 392 g/mol. The number of aromatic nitrogens is 2. The highest BCUT2D eigenvalue weighted by Crippen LogP contribution is 2.32. The summed E-state index contributed by atoms with van der Waals surface area (Å²) < 4.78 is 5.32. The van der Waals surface area contributed by atoms with Crippen molar-refractivity contribution in [2.45, 2.75) is 19.4 Å². The number of aryl methyl sites for hydroxylation is 1. The first-order valence-electron chi connectivity index (χ1n) is 9.12. The number of carbonyl (C=O) groups is 1. The zero-order valence-corrected chi connectivity index (χ0v) is 16.8. The summed E-state index contributed by atoms with van der Waals surface area (Å²) in [7, 11) is 1.48. The fraction of sp³-hybridized carbons (Fsp3) is 0.238. The van der Waals surface area contributed by atoms with Gasteiger partial charge in [0.1, 0.15) is 13.2 Å². The lowest BCUT2D eigenvalue weighted by Crippen LogP contribution is -2.31. The van der Waals surface area contributed by atoms with Crippen molar-refractivity contribution in [3.8, 4) is 11.1 Å². The first kappa shape index (κ1) is 19.1. The minimum atomic E-state index is -0.374. The minimum absolute atomic E-state index is 0.141. The van der Waals surface area contributed by atoms with E-state index in [-0.39, 0.29) is 11.9 Å². The molecule has 7 nitrogen and oxygen atoms in total. The second-order valence-electron chi connectivity index (χ2n) is 6.73. The summed E-state index contributed by atoms with van der Waals surface area (Å²) in [6, 6.07) is 14.6. The number of oxime groups is 1. The monoisotopic (exact) mass is 410 g/mol. The molecule has 4 rings (SSSR count). The van der Waals surface area contributed by atoms with Gasteiger partial charge < -0.3 is 14.3 Å². The van der Waals surface area contributed by atoms with Gasteiger partial charge in [-0.15, -0.1) is 0 Å². The van der Waals surface area contributed by atoms with Crippen LogP contribution in [0.5, 0.6) is 0 Å². The molecule has 0 aliphatic carbocycles. The third-order valence-electron chi connectivity index (χ3n) is 4.78. The molecule has 1 aliphatic rings. The van der Waals surface area contributed by atoms with E-state index in [0.29, 0.717) is 35.3 Å². The van der Waals surface area contributed by atoms with Crippen molar-refractivity contribution in [2.75, 3.05) is 13.7 Å². The molecular formula is C21H19ClN4O3. The Morgan fingerprint density at radius 2 is 2.00 bits per heavy atom. The van der Waals surface area contributed by atoms with Gasteiger partial charge in [0, 0.05) is 22.6 Å². The predicted octanol–water partition coefficient (Wildman–Crippen LogP) is 4.29. The smallest absolute Gasteiger partial charge is 0.254 e. The molecule has 0 N–H and O–H groups in total. The van der Waals surface area contributed by atoms with E-state index in [9.17, 15) is 4.79 Å². The Morgan fingerprint density at radius 1 is 1.24 bits per heavy atom. The van der Waals surface area contributed by atoms with Gasteiger partial charge in [-0.1, -0.05) is 52.2 Å². The van der Waals surface area contributed by atoms with Gasteiger partial charge in [0.2, 0.25) is 5.89 Å². The summed E-state index contributed by atoms with van der Waals surface area (Å²) in [6.45, 7) is 2.08. The van der Waals surface area contributed by atoms with Crippen LogP contribution in [0.3, 0.4) is 0 Å². The number of amides is 1. The molecule has 3 aromatic rings. The Kier molecular flexibility index (Phi) is 5.31. The fourth-order valence-corrected chi connectivity index (χ4v) is 3.68. The lowest BCUT2D eigenvalue weighted by molar-refractivity contribution is 0.0713. The van der Waals surface area contributed by atoms with Crippen LogP contribution in [0.2, 0.25) is 5.02 Å². The molecule has 29 heavy (non-hydrogen) atoms. The highest BCUT2D eigenvalue weighted by Gasteiger charge is 2.38. The maximum Gasteiger partial charge on any atom is 0.254 e. The number of benzene rings is 2. The molecule has 2 heterocycles. The molecule has 148 valence electrons. The highest BCUT2D eigenvalue weighted by atomic mass is 35.5. The molecule has 1 fully saturated rings. The number of halogens is 1. The lowest BCUT2D eigenvalue weighted by atomic mass is 10.0. The predicted molar refractivity (Wildman–Crippen MR) is 109 cm³/mol. The molecule has 0 saturated carbocycles. The topological polar surface area (TPSA) is 80.8 Å². The van der Waals surface area contributed by atoms with Gasteiger partial charge in [-0.25, -0.2) is 0 Å². The molecule has 1 saturated heterocycles. The van der Waals surface area contributed by atoms with E-state index in [1.54, 1.807) is 24.0 Å². The summed E-state index contributed by atoms with van der Waals surface area (Å²) in [5.41, 5.74) is 3.16. The first-order valence-corrected chi connectivity index (χ1v) is 9.49. The van der Waals surface area contributed by atoms with E-state index >= 15 is 0 Å². The van der Waals surface area contributed by atoms with Crippen molar-refractivity contribution in [2.24, 2.45) is 5.16 Å². The number of rotatable bonds is 4. The molecule has 2 aromatic carbocycles. The van der Waals surface area contributed by atoms with Gasteiger partial charge >= 0.3 is 0 Å². The zero-order valence-electron chi connectivity index (χ0n) is 16.0. The van der Waals surface area contributed by atoms with E-state index in [2.05, 4.69) is 15.3 Å². The number of hydrogen-bond acceptors (Lipinski definition) is 6.